The molecule has 1 amide bonds. The highest BCUT2D eigenvalue weighted by Crippen LogP contribution is 2.34. The molecule has 3 rings (SSSR count). The molecular weight excluding hydrogens is 517 g/mol. The minimum atomic E-state index is -5.08. The second-order valence-corrected chi connectivity index (χ2v) is 11.5. The van der Waals surface area contributed by atoms with Crippen molar-refractivity contribution in [2.24, 2.45) is 0 Å². The molecule has 3 aromatic rings. The molecule has 2 aromatic heterocycles. The summed E-state index contributed by atoms with van der Waals surface area (Å²) >= 11 is 0. The predicted octanol–water partition coefficient (Wildman–Crippen LogP) is 0.438. The number of nitrogens with one attached hydrogen (secondary N) is 1. The normalized spacial score (nSPS) is 13.7. The van der Waals surface area contributed by atoms with Crippen LogP contribution in [-0.2, 0) is 30.4 Å². The Morgan fingerprint density at radius 1 is 1.19 bits per heavy atom. The van der Waals surface area contributed by atoms with Gasteiger partial charge in [-0.05, 0) is 42.7 Å². The molecule has 0 aliphatic rings. The lowest BCUT2D eigenvalue weighted by atomic mass is 10.1. The van der Waals surface area contributed by atoms with Gasteiger partial charge in [-0.3, -0.25) is 9.59 Å². The summed E-state index contributed by atoms with van der Waals surface area (Å²) in [6.07, 6.45) is 3.36. The molecule has 0 aliphatic carbocycles. The summed E-state index contributed by atoms with van der Waals surface area (Å²) < 4.78 is 43.5. The summed E-state index contributed by atoms with van der Waals surface area (Å²) in [7, 11) is -7.67. The van der Waals surface area contributed by atoms with E-state index in [0.717, 1.165) is 18.7 Å². The van der Waals surface area contributed by atoms with Gasteiger partial charge in [0.15, 0.2) is 14.6 Å². The van der Waals surface area contributed by atoms with Gasteiger partial charge in [-0.25, -0.2) is 18.5 Å². The molecule has 0 radical (unpaired) electrons. The lowest BCUT2D eigenvalue weighted by Gasteiger charge is -2.26. The Hall–Kier alpha value is -3.36. The largest absolute Gasteiger partial charge is 0.491 e. The molecule has 2 heterocycles. The average molecular weight is 541 g/mol. The number of phosphoric acid groups is 1. The van der Waals surface area contributed by atoms with Crippen LogP contribution < -0.4 is 15.8 Å². The number of rotatable bonds is 10. The summed E-state index contributed by atoms with van der Waals surface area (Å²) in [5, 5.41) is 8.22. The van der Waals surface area contributed by atoms with Crippen molar-refractivity contribution in [3.63, 3.8) is 0 Å². The molecule has 194 valence electrons. The van der Waals surface area contributed by atoms with E-state index in [1.54, 1.807) is 30.3 Å². The fourth-order valence-electron chi connectivity index (χ4n) is 3.14. The molecule has 1 aromatic carbocycles. The van der Waals surface area contributed by atoms with Crippen LogP contribution in [0.5, 0.6) is 5.88 Å². The molecule has 14 nitrogen and oxygen atoms in total. The molecule has 0 fully saturated rings. The third-order valence-corrected chi connectivity index (χ3v) is 7.85. The van der Waals surface area contributed by atoms with Crippen LogP contribution in [0.2, 0.25) is 0 Å². The lowest BCUT2D eigenvalue weighted by Crippen LogP contribution is -2.50. The summed E-state index contributed by atoms with van der Waals surface area (Å²) in [6.45, 7) is 0.906. The van der Waals surface area contributed by atoms with Crippen LogP contribution in [0, 0.1) is 0 Å². The highest BCUT2D eigenvalue weighted by molar-refractivity contribution is 7.92. The minimum absolute atomic E-state index is 0.169. The number of benzene rings is 1. The molecule has 0 unspecified atom stereocenters. The number of hydrogen-bond donors (Lipinski definition) is 3. The molecule has 16 heteroatoms. The smallest absolute Gasteiger partial charge is 0.479 e. The Balaban J connectivity index is 1.76. The van der Waals surface area contributed by atoms with E-state index in [-0.39, 0.29) is 13.0 Å². The lowest BCUT2D eigenvalue weighted by molar-refractivity contribution is -0.131. The average Bonchev–Trinajstić information content (AvgIpc) is 3.30. The highest BCUT2D eigenvalue weighted by Gasteiger charge is 2.44. The van der Waals surface area contributed by atoms with Crippen molar-refractivity contribution in [2.75, 3.05) is 13.4 Å². The summed E-state index contributed by atoms with van der Waals surface area (Å²) in [6, 6.07) is 10.1. The molecule has 3 N–H and O–H groups in total. The molecule has 36 heavy (non-hydrogen) atoms. The third kappa shape index (κ3) is 6.25. The number of aromatic nitrogens is 4. The topological polar surface area (TPSA) is 192 Å². The third-order valence-electron chi connectivity index (χ3n) is 5.49. The first kappa shape index (κ1) is 27.2. The molecular formula is C20H24N5O9PS. The molecule has 0 spiro atoms. The van der Waals surface area contributed by atoms with Gasteiger partial charge in [0.05, 0.1) is 12.8 Å². The quantitative estimate of drug-likeness (QED) is 0.238. The van der Waals surface area contributed by atoms with Crippen LogP contribution in [0.15, 0.2) is 53.6 Å². The van der Waals surface area contributed by atoms with Crippen LogP contribution in [-0.4, -0.2) is 61.8 Å². The van der Waals surface area contributed by atoms with Gasteiger partial charge < -0.3 is 19.1 Å². The summed E-state index contributed by atoms with van der Waals surface area (Å²) in [5.74, 6) is -0.913. The van der Waals surface area contributed by atoms with Gasteiger partial charge in [0.1, 0.15) is 6.20 Å². The van der Waals surface area contributed by atoms with Gasteiger partial charge in [-0.15, -0.1) is 9.90 Å². The van der Waals surface area contributed by atoms with Crippen molar-refractivity contribution in [1.82, 2.24) is 25.0 Å². The standard InChI is InChI=1S/C20H24N5O9PS/c1-20(36(3,31)32,19(27)23-34-35(28,29)30)9-11-24-10-8-15(12-18(24)26)14-4-6-16(7-5-14)25-21-13-17(22-25)33-2/h4-8,10,12-13H,9,11H2,1-3H3,(H,23,27)(H2,28,29,30)/t20-/m1/s1. The number of hydrogen-bond acceptors (Lipinski definition) is 9. The van der Waals surface area contributed by atoms with E-state index in [2.05, 4.69) is 14.8 Å². The van der Waals surface area contributed by atoms with E-state index in [0.29, 0.717) is 17.1 Å². The van der Waals surface area contributed by atoms with Crippen LogP contribution >= 0.6 is 7.82 Å². The number of methoxy groups -OCH3 is 1. The number of amides is 1. The van der Waals surface area contributed by atoms with E-state index in [1.807, 2.05) is 0 Å². The summed E-state index contributed by atoms with van der Waals surface area (Å²) in [4.78, 5) is 44.0. The molecule has 0 aliphatic heterocycles. The Kier molecular flexibility index (Phi) is 7.81. The van der Waals surface area contributed by atoms with Crippen molar-refractivity contribution in [2.45, 2.75) is 24.6 Å². The first-order valence-electron chi connectivity index (χ1n) is 10.3. The van der Waals surface area contributed by atoms with Crippen LogP contribution in [0.4, 0.5) is 0 Å². The SMILES string of the molecule is COc1cnn(-c2ccc(-c3ccn(CC[C@](C)(C(=O)NOP(=O)(O)O)S(C)(=O)=O)c(=O)c3)cc2)n1. The Morgan fingerprint density at radius 2 is 1.86 bits per heavy atom. The second-order valence-electron chi connectivity index (χ2n) is 7.94. The van der Waals surface area contributed by atoms with Gasteiger partial charge >= 0.3 is 7.82 Å². The maximum atomic E-state index is 12.7. The maximum Gasteiger partial charge on any atom is 0.491 e. The number of carbonyl (C=O) groups is 1. The number of hydroxylamine groups is 1. The predicted molar refractivity (Wildman–Crippen MR) is 127 cm³/mol. The van der Waals surface area contributed by atoms with Gasteiger partial charge in [-0.1, -0.05) is 12.1 Å². The van der Waals surface area contributed by atoms with E-state index < -0.39 is 33.9 Å². The zero-order valence-electron chi connectivity index (χ0n) is 19.4. The maximum absolute atomic E-state index is 12.7. The van der Waals surface area contributed by atoms with E-state index in [9.17, 15) is 22.6 Å². The number of nitrogens with zero attached hydrogens (tertiary/aromatic N) is 4. The fourth-order valence-corrected chi connectivity index (χ4v) is 4.18. The molecule has 0 bridgehead atoms. The number of carbonyl (C=O) groups excluding carboxylic acids is 1. The second kappa shape index (κ2) is 10.3. The number of sulfone groups is 1. The Labute approximate surface area is 205 Å². The van der Waals surface area contributed by atoms with Crippen molar-refractivity contribution in [3.8, 4) is 22.7 Å². The van der Waals surface area contributed by atoms with Crippen molar-refractivity contribution in [1.29, 1.82) is 0 Å². The Morgan fingerprint density at radius 3 is 2.39 bits per heavy atom. The number of pyridine rings is 1. The number of ether oxygens (including phenoxy) is 1. The van der Waals surface area contributed by atoms with Crippen LogP contribution in [0.25, 0.3) is 16.8 Å². The monoisotopic (exact) mass is 541 g/mol. The first-order chi connectivity index (χ1) is 16.7. The fraction of sp³-hybridized carbons (Fsp3) is 0.300. The highest BCUT2D eigenvalue weighted by atomic mass is 32.2. The first-order valence-corrected chi connectivity index (χ1v) is 13.7. The zero-order valence-corrected chi connectivity index (χ0v) is 21.1. The van der Waals surface area contributed by atoms with E-state index in [1.165, 1.54) is 40.4 Å². The van der Waals surface area contributed by atoms with Crippen LogP contribution in [0.3, 0.4) is 0 Å². The van der Waals surface area contributed by atoms with Gasteiger partial charge in [0.25, 0.3) is 17.3 Å². The molecule has 0 saturated carbocycles. The van der Waals surface area contributed by atoms with E-state index in [4.69, 9.17) is 14.5 Å². The molecule has 1 atom stereocenters. The minimum Gasteiger partial charge on any atom is -0.479 e. The number of aryl methyl sites for hydroxylation is 1. The van der Waals surface area contributed by atoms with Gasteiger partial charge in [0.2, 0.25) is 0 Å². The van der Waals surface area contributed by atoms with Crippen molar-refractivity contribution in [3.05, 3.63) is 59.1 Å². The van der Waals surface area contributed by atoms with Crippen molar-refractivity contribution >= 4 is 23.6 Å². The van der Waals surface area contributed by atoms with Crippen molar-refractivity contribution < 1.29 is 36.9 Å². The van der Waals surface area contributed by atoms with E-state index >= 15 is 0 Å². The Bertz CT molecular complexity index is 1460. The zero-order chi connectivity index (χ0) is 26.7. The molecule has 0 saturated heterocycles. The van der Waals surface area contributed by atoms with Crippen LogP contribution in [0.1, 0.15) is 13.3 Å². The van der Waals surface area contributed by atoms with Gasteiger partial charge in [-0.2, -0.15) is 9.72 Å². The van der Waals surface area contributed by atoms with Gasteiger partial charge in [0, 0.05) is 25.1 Å². The summed E-state index contributed by atoms with van der Waals surface area (Å²) in [5.41, 5.74) is 3.05.